The molecule has 0 aromatic rings. The van der Waals surface area contributed by atoms with Crippen LogP contribution in [0.1, 0.15) is 40.5 Å². The van der Waals surface area contributed by atoms with Crippen LogP contribution in [0.4, 0.5) is 0 Å². The third-order valence-electron chi connectivity index (χ3n) is 4.47. The average molecular weight is 224 g/mol. The van der Waals surface area contributed by atoms with Gasteiger partial charge < -0.3 is 10.2 Å². The van der Waals surface area contributed by atoms with E-state index in [0.717, 1.165) is 5.92 Å². The van der Waals surface area contributed by atoms with Gasteiger partial charge in [0.2, 0.25) is 0 Å². The molecule has 2 aliphatic heterocycles. The molecule has 2 nitrogen and oxygen atoms in total. The summed E-state index contributed by atoms with van der Waals surface area (Å²) in [4.78, 5) is 2.66. The van der Waals surface area contributed by atoms with E-state index < -0.39 is 0 Å². The molecule has 2 aliphatic rings. The maximum absolute atomic E-state index is 3.54. The molecular formula is C14H28N2. The molecule has 1 N–H and O–H groups in total. The smallest absolute Gasteiger partial charge is 0.00477 e. The molecule has 2 heteroatoms. The highest BCUT2D eigenvalue weighted by Crippen LogP contribution is 2.36. The van der Waals surface area contributed by atoms with Crippen molar-refractivity contribution in [1.29, 1.82) is 0 Å². The second-order valence-corrected chi connectivity index (χ2v) is 7.35. The van der Waals surface area contributed by atoms with E-state index in [9.17, 15) is 0 Å². The SMILES string of the molecule is CC1(CN2CC(C(C)(C)C)C2)CCCNC1. The van der Waals surface area contributed by atoms with Crippen molar-refractivity contribution in [1.82, 2.24) is 10.2 Å². The fourth-order valence-corrected chi connectivity index (χ4v) is 3.04. The summed E-state index contributed by atoms with van der Waals surface area (Å²) in [5, 5.41) is 3.54. The summed E-state index contributed by atoms with van der Waals surface area (Å²) in [5.74, 6) is 0.910. The van der Waals surface area contributed by atoms with E-state index in [0.29, 0.717) is 10.8 Å². The van der Waals surface area contributed by atoms with Gasteiger partial charge in [0.15, 0.2) is 0 Å². The lowest BCUT2D eigenvalue weighted by Crippen LogP contribution is -2.56. The minimum Gasteiger partial charge on any atom is -0.316 e. The zero-order chi connectivity index (χ0) is 11.8. The van der Waals surface area contributed by atoms with E-state index in [-0.39, 0.29) is 0 Å². The average Bonchev–Trinajstić information content (AvgIpc) is 2.10. The van der Waals surface area contributed by atoms with E-state index >= 15 is 0 Å². The van der Waals surface area contributed by atoms with Crippen molar-refractivity contribution in [3.8, 4) is 0 Å². The lowest BCUT2D eigenvalue weighted by atomic mass is 9.74. The zero-order valence-corrected chi connectivity index (χ0v) is 11.5. The van der Waals surface area contributed by atoms with Crippen LogP contribution in [0.15, 0.2) is 0 Å². The summed E-state index contributed by atoms with van der Waals surface area (Å²) in [7, 11) is 0. The van der Waals surface area contributed by atoms with Crippen molar-refractivity contribution < 1.29 is 0 Å². The Morgan fingerprint density at radius 1 is 1.31 bits per heavy atom. The third-order valence-corrected chi connectivity index (χ3v) is 4.47. The number of nitrogens with zero attached hydrogens (tertiary/aromatic N) is 1. The maximum Gasteiger partial charge on any atom is 0.00477 e. The fraction of sp³-hybridized carbons (Fsp3) is 1.00. The summed E-state index contributed by atoms with van der Waals surface area (Å²) in [5.41, 5.74) is 1.03. The normalized spacial score (nSPS) is 33.8. The number of hydrogen-bond acceptors (Lipinski definition) is 2. The summed E-state index contributed by atoms with van der Waals surface area (Å²) < 4.78 is 0. The first kappa shape index (κ1) is 12.4. The van der Waals surface area contributed by atoms with Gasteiger partial charge in [-0.15, -0.1) is 0 Å². The Morgan fingerprint density at radius 3 is 2.50 bits per heavy atom. The highest BCUT2D eigenvalue weighted by molar-refractivity contribution is 4.92. The molecule has 0 spiro atoms. The molecule has 2 saturated heterocycles. The Labute approximate surface area is 101 Å². The van der Waals surface area contributed by atoms with Gasteiger partial charge in [0.1, 0.15) is 0 Å². The number of likely N-dealkylation sites (tertiary alicyclic amines) is 1. The van der Waals surface area contributed by atoms with Crippen LogP contribution in [0.3, 0.4) is 0 Å². The molecule has 16 heavy (non-hydrogen) atoms. The Morgan fingerprint density at radius 2 is 2.00 bits per heavy atom. The fourth-order valence-electron chi connectivity index (χ4n) is 3.04. The first-order valence-corrected chi connectivity index (χ1v) is 6.82. The first-order chi connectivity index (χ1) is 7.39. The van der Waals surface area contributed by atoms with Gasteiger partial charge >= 0.3 is 0 Å². The molecule has 0 aromatic carbocycles. The molecule has 0 bridgehead atoms. The monoisotopic (exact) mass is 224 g/mol. The molecule has 0 amide bonds. The molecule has 1 atom stereocenters. The van der Waals surface area contributed by atoms with Crippen molar-refractivity contribution in [2.75, 3.05) is 32.7 Å². The lowest BCUT2D eigenvalue weighted by Gasteiger charge is -2.50. The molecule has 0 aromatic heterocycles. The maximum atomic E-state index is 3.54. The molecular weight excluding hydrogens is 196 g/mol. The highest BCUT2D eigenvalue weighted by atomic mass is 15.2. The van der Waals surface area contributed by atoms with Crippen LogP contribution in [0.2, 0.25) is 0 Å². The minimum absolute atomic E-state index is 0.502. The Kier molecular flexibility index (Phi) is 3.33. The second kappa shape index (κ2) is 4.30. The second-order valence-electron chi connectivity index (χ2n) is 7.35. The van der Waals surface area contributed by atoms with Gasteiger partial charge in [-0.2, -0.15) is 0 Å². The number of rotatable bonds is 2. The van der Waals surface area contributed by atoms with Gasteiger partial charge in [-0.05, 0) is 36.1 Å². The highest BCUT2D eigenvalue weighted by Gasteiger charge is 2.39. The van der Waals surface area contributed by atoms with E-state index in [1.54, 1.807) is 0 Å². The summed E-state index contributed by atoms with van der Waals surface area (Å²) in [6.45, 7) is 15.9. The van der Waals surface area contributed by atoms with Gasteiger partial charge in [0.05, 0.1) is 0 Å². The minimum atomic E-state index is 0.502. The zero-order valence-electron chi connectivity index (χ0n) is 11.5. The summed E-state index contributed by atoms with van der Waals surface area (Å²) >= 11 is 0. The van der Waals surface area contributed by atoms with Gasteiger partial charge in [0, 0.05) is 26.2 Å². The summed E-state index contributed by atoms with van der Waals surface area (Å²) in [6, 6.07) is 0. The van der Waals surface area contributed by atoms with Gasteiger partial charge in [-0.3, -0.25) is 0 Å². The van der Waals surface area contributed by atoms with Crippen LogP contribution < -0.4 is 5.32 Å². The first-order valence-electron chi connectivity index (χ1n) is 6.82. The van der Waals surface area contributed by atoms with Crippen LogP contribution >= 0.6 is 0 Å². The van der Waals surface area contributed by atoms with Gasteiger partial charge in [-0.1, -0.05) is 27.7 Å². The van der Waals surface area contributed by atoms with Crippen LogP contribution in [0.25, 0.3) is 0 Å². The predicted octanol–water partition coefficient (Wildman–Crippen LogP) is 2.35. The van der Waals surface area contributed by atoms with Crippen LogP contribution in [0, 0.1) is 16.7 Å². The molecule has 94 valence electrons. The van der Waals surface area contributed by atoms with Crippen LogP contribution in [0.5, 0.6) is 0 Å². The largest absolute Gasteiger partial charge is 0.316 e. The molecule has 1 unspecified atom stereocenters. The standard InChI is InChI=1S/C14H28N2/c1-13(2,3)12-8-16(9-12)11-14(4)6-5-7-15-10-14/h12,15H,5-11H2,1-4H3. The Balaban J connectivity index is 1.76. The summed E-state index contributed by atoms with van der Waals surface area (Å²) in [6.07, 6.45) is 2.75. The van der Waals surface area contributed by atoms with Crippen molar-refractivity contribution in [3.63, 3.8) is 0 Å². The molecule has 2 heterocycles. The Bertz CT molecular complexity index is 230. The number of piperidine rings is 1. The topological polar surface area (TPSA) is 15.3 Å². The number of hydrogen-bond donors (Lipinski definition) is 1. The molecule has 0 radical (unpaired) electrons. The predicted molar refractivity (Wildman–Crippen MR) is 69.6 cm³/mol. The molecule has 2 fully saturated rings. The quantitative estimate of drug-likeness (QED) is 0.774. The van der Waals surface area contributed by atoms with Gasteiger partial charge in [0.25, 0.3) is 0 Å². The van der Waals surface area contributed by atoms with E-state index in [4.69, 9.17) is 0 Å². The molecule has 0 saturated carbocycles. The van der Waals surface area contributed by atoms with Crippen molar-refractivity contribution >= 4 is 0 Å². The van der Waals surface area contributed by atoms with Crippen molar-refractivity contribution in [3.05, 3.63) is 0 Å². The van der Waals surface area contributed by atoms with Crippen molar-refractivity contribution in [2.45, 2.75) is 40.5 Å². The van der Waals surface area contributed by atoms with E-state index in [2.05, 4.69) is 37.9 Å². The molecule has 0 aliphatic carbocycles. The van der Waals surface area contributed by atoms with E-state index in [1.165, 1.54) is 45.6 Å². The number of nitrogens with one attached hydrogen (secondary N) is 1. The lowest BCUT2D eigenvalue weighted by molar-refractivity contribution is -0.00779. The van der Waals surface area contributed by atoms with Crippen molar-refractivity contribution in [2.24, 2.45) is 16.7 Å². The molecule has 2 rings (SSSR count). The van der Waals surface area contributed by atoms with E-state index in [1.807, 2.05) is 0 Å². The Hall–Kier alpha value is -0.0800. The van der Waals surface area contributed by atoms with Crippen LogP contribution in [-0.4, -0.2) is 37.6 Å². The third kappa shape index (κ3) is 2.78. The van der Waals surface area contributed by atoms with Crippen LogP contribution in [-0.2, 0) is 0 Å². The van der Waals surface area contributed by atoms with Gasteiger partial charge in [-0.25, -0.2) is 0 Å².